The number of imidazole rings is 1. The van der Waals surface area contributed by atoms with E-state index in [2.05, 4.69) is 37.5 Å². The van der Waals surface area contributed by atoms with Crippen LogP contribution in [0.3, 0.4) is 0 Å². The predicted octanol–water partition coefficient (Wildman–Crippen LogP) is -0.537. The molecule has 0 bridgehead atoms. The summed E-state index contributed by atoms with van der Waals surface area (Å²) in [5, 5.41) is 19.9. The summed E-state index contributed by atoms with van der Waals surface area (Å²) in [7, 11) is 0. The second-order valence-electron chi connectivity index (χ2n) is 4.28. The Bertz CT molecular complexity index is 606. The number of rotatable bonds is 2. The largest absolute Gasteiger partial charge is 0.387 e. The van der Waals surface area contributed by atoms with Gasteiger partial charge in [0.25, 0.3) is 0 Å². The molecule has 9 heteroatoms. The molecule has 19 heavy (non-hydrogen) atoms. The molecular weight excluding hydrogens is 365 g/mol. The van der Waals surface area contributed by atoms with E-state index in [1.807, 2.05) is 0 Å². The zero-order chi connectivity index (χ0) is 13.6. The van der Waals surface area contributed by atoms with Crippen molar-refractivity contribution in [2.24, 2.45) is 0 Å². The fraction of sp³-hybridized carbons (Fsp3) is 0.500. The van der Waals surface area contributed by atoms with Crippen molar-refractivity contribution in [3.05, 3.63) is 12.7 Å². The third kappa shape index (κ3) is 1.96. The van der Waals surface area contributed by atoms with Crippen molar-refractivity contribution in [3.8, 4) is 0 Å². The Morgan fingerprint density at radius 1 is 1.32 bits per heavy atom. The van der Waals surface area contributed by atoms with E-state index in [0.29, 0.717) is 15.6 Å². The molecule has 3 heterocycles. The quantitative estimate of drug-likeness (QED) is 0.475. The Morgan fingerprint density at radius 2 is 2.11 bits per heavy atom. The molecule has 0 spiro atoms. The van der Waals surface area contributed by atoms with E-state index in [1.54, 1.807) is 4.57 Å². The molecule has 102 valence electrons. The molecule has 0 saturated carbocycles. The second-order valence-corrected chi connectivity index (χ2v) is 5.16. The normalized spacial score (nSPS) is 31.1. The molecule has 0 unspecified atom stereocenters. The lowest BCUT2D eigenvalue weighted by molar-refractivity contribution is -0.0283. The summed E-state index contributed by atoms with van der Waals surface area (Å²) < 4.78 is 7.78. The van der Waals surface area contributed by atoms with Crippen molar-refractivity contribution >= 4 is 39.6 Å². The van der Waals surface area contributed by atoms with Crippen molar-refractivity contribution in [2.75, 3.05) is 10.2 Å². The van der Waals surface area contributed by atoms with Crippen LogP contribution in [0.5, 0.6) is 0 Å². The summed E-state index contributed by atoms with van der Waals surface area (Å²) in [6, 6.07) is 0. The minimum Gasteiger partial charge on any atom is -0.387 e. The van der Waals surface area contributed by atoms with E-state index in [0.717, 1.165) is 0 Å². The van der Waals surface area contributed by atoms with Crippen LogP contribution in [0.1, 0.15) is 6.23 Å². The van der Waals surface area contributed by atoms with Gasteiger partial charge >= 0.3 is 0 Å². The molecule has 2 aromatic heterocycles. The van der Waals surface area contributed by atoms with Crippen LogP contribution in [0, 0.1) is 0 Å². The van der Waals surface area contributed by atoms with E-state index < -0.39 is 24.5 Å². The maximum Gasteiger partial charge on any atom is 0.167 e. The van der Waals surface area contributed by atoms with E-state index in [-0.39, 0.29) is 5.82 Å². The lowest BCUT2D eigenvalue weighted by Gasteiger charge is -2.16. The average Bonchev–Trinajstić information content (AvgIpc) is 2.94. The Labute approximate surface area is 121 Å². The van der Waals surface area contributed by atoms with Crippen LogP contribution < -0.4 is 5.73 Å². The Balaban J connectivity index is 2.04. The number of aliphatic hydroxyl groups excluding tert-OH is 2. The highest BCUT2D eigenvalue weighted by atomic mass is 127. The number of nitrogens with zero attached hydrogens (tertiary/aromatic N) is 4. The first kappa shape index (κ1) is 13.0. The van der Waals surface area contributed by atoms with E-state index in [1.165, 1.54) is 12.7 Å². The number of hydrogen-bond donors (Lipinski definition) is 3. The standard InChI is InChI=1S/C10H12IN5O3/c11-1-4-6(17)7(18)10(19-4)16-3-15-5-8(12)13-2-14-9(5)16/h2-4,6-7,10,17-18H,1H2,(H2,12,13,14)/t4-,6-,7-,10-/m0/s1. The topological polar surface area (TPSA) is 119 Å². The Morgan fingerprint density at radius 3 is 2.79 bits per heavy atom. The fourth-order valence-corrected chi connectivity index (χ4v) is 2.87. The lowest BCUT2D eigenvalue weighted by Crippen LogP contribution is -2.32. The molecule has 4 N–H and O–H groups in total. The van der Waals surface area contributed by atoms with Crippen molar-refractivity contribution in [1.29, 1.82) is 0 Å². The first-order valence-corrected chi connectivity index (χ1v) is 7.16. The van der Waals surface area contributed by atoms with Crippen LogP contribution in [0.15, 0.2) is 12.7 Å². The molecule has 0 aliphatic carbocycles. The summed E-state index contributed by atoms with van der Waals surface area (Å²) in [5.41, 5.74) is 6.62. The fourth-order valence-electron chi connectivity index (χ4n) is 2.14. The number of fused-ring (bicyclic) bond motifs is 1. The number of nitrogen functional groups attached to an aromatic ring is 1. The van der Waals surface area contributed by atoms with Gasteiger partial charge in [0.2, 0.25) is 0 Å². The van der Waals surface area contributed by atoms with Crippen LogP contribution in [-0.2, 0) is 4.74 Å². The molecule has 3 rings (SSSR count). The molecule has 0 radical (unpaired) electrons. The number of anilines is 1. The van der Waals surface area contributed by atoms with Crippen LogP contribution >= 0.6 is 22.6 Å². The SMILES string of the molecule is Nc1ncnc2c1ncn2[C@H]1O[C@@H](CI)[C@H](O)[C@@H]1O. The summed E-state index contributed by atoms with van der Waals surface area (Å²) in [6.45, 7) is 0. The zero-order valence-corrected chi connectivity index (χ0v) is 11.9. The Hall–Kier alpha value is -1.04. The van der Waals surface area contributed by atoms with Crippen molar-refractivity contribution in [3.63, 3.8) is 0 Å². The minimum absolute atomic E-state index is 0.266. The van der Waals surface area contributed by atoms with E-state index in [4.69, 9.17) is 10.5 Å². The first-order chi connectivity index (χ1) is 9.13. The second kappa shape index (κ2) is 4.81. The average molecular weight is 377 g/mol. The van der Waals surface area contributed by atoms with Crippen molar-refractivity contribution in [1.82, 2.24) is 19.5 Å². The summed E-state index contributed by atoms with van der Waals surface area (Å²) in [5.74, 6) is 0.266. The number of hydrogen-bond acceptors (Lipinski definition) is 7. The van der Waals surface area contributed by atoms with Gasteiger partial charge in [0.05, 0.1) is 12.4 Å². The Kier molecular flexibility index (Phi) is 3.28. The smallest absolute Gasteiger partial charge is 0.167 e. The van der Waals surface area contributed by atoms with Crippen molar-refractivity contribution < 1.29 is 14.9 Å². The summed E-state index contributed by atoms with van der Waals surface area (Å²) in [6.07, 6.45) is -0.312. The number of aromatic nitrogens is 4. The van der Waals surface area contributed by atoms with Gasteiger partial charge < -0.3 is 20.7 Å². The number of ether oxygens (including phenoxy) is 1. The number of alkyl halides is 1. The minimum atomic E-state index is -1.03. The molecule has 1 aliphatic rings. The van der Waals surface area contributed by atoms with Gasteiger partial charge in [-0.05, 0) is 0 Å². The van der Waals surface area contributed by atoms with Gasteiger partial charge in [0.15, 0.2) is 17.7 Å². The summed E-state index contributed by atoms with van der Waals surface area (Å²) >= 11 is 2.10. The predicted molar refractivity (Wildman–Crippen MR) is 74.5 cm³/mol. The van der Waals surface area contributed by atoms with E-state index >= 15 is 0 Å². The van der Waals surface area contributed by atoms with Crippen LogP contribution in [0.4, 0.5) is 5.82 Å². The zero-order valence-electron chi connectivity index (χ0n) is 9.72. The molecule has 1 fully saturated rings. The maximum atomic E-state index is 10.1. The van der Waals surface area contributed by atoms with Crippen LogP contribution in [-0.4, -0.2) is 52.5 Å². The van der Waals surface area contributed by atoms with Gasteiger partial charge in [-0.3, -0.25) is 4.57 Å². The third-order valence-electron chi connectivity index (χ3n) is 3.15. The van der Waals surface area contributed by atoms with Gasteiger partial charge in [0, 0.05) is 4.43 Å². The number of nitrogens with two attached hydrogens (primary N) is 1. The lowest BCUT2D eigenvalue weighted by atomic mass is 10.1. The van der Waals surface area contributed by atoms with Crippen molar-refractivity contribution in [2.45, 2.75) is 24.5 Å². The van der Waals surface area contributed by atoms with Gasteiger partial charge in [-0.25, -0.2) is 15.0 Å². The molecule has 4 atom stereocenters. The molecule has 0 amide bonds. The molecular formula is C10H12IN5O3. The van der Waals surface area contributed by atoms with E-state index in [9.17, 15) is 10.2 Å². The highest BCUT2D eigenvalue weighted by molar-refractivity contribution is 14.1. The number of aliphatic hydroxyl groups is 2. The van der Waals surface area contributed by atoms with Gasteiger partial charge in [-0.2, -0.15) is 0 Å². The molecule has 0 aromatic carbocycles. The molecule has 1 aliphatic heterocycles. The van der Waals surface area contributed by atoms with Gasteiger partial charge in [0.1, 0.15) is 24.1 Å². The van der Waals surface area contributed by atoms with Crippen LogP contribution in [0.25, 0.3) is 11.2 Å². The third-order valence-corrected chi connectivity index (χ3v) is 4.02. The molecule has 8 nitrogen and oxygen atoms in total. The highest BCUT2D eigenvalue weighted by Gasteiger charge is 2.43. The number of halogens is 1. The highest BCUT2D eigenvalue weighted by Crippen LogP contribution is 2.32. The van der Waals surface area contributed by atoms with Gasteiger partial charge in [-0.1, -0.05) is 22.6 Å². The first-order valence-electron chi connectivity index (χ1n) is 5.64. The monoisotopic (exact) mass is 377 g/mol. The molecule has 2 aromatic rings. The van der Waals surface area contributed by atoms with Gasteiger partial charge in [-0.15, -0.1) is 0 Å². The summed E-state index contributed by atoms with van der Waals surface area (Å²) in [4.78, 5) is 12.1. The molecule has 1 saturated heterocycles. The van der Waals surface area contributed by atoms with Crippen LogP contribution in [0.2, 0.25) is 0 Å². The maximum absolute atomic E-state index is 10.1.